The van der Waals surface area contributed by atoms with Crippen LogP contribution in [0.1, 0.15) is 51.7 Å². The average Bonchev–Trinajstić information content (AvgIpc) is 2.69. The number of hydrogen-bond donors (Lipinski definition) is 1. The lowest BCUT2D eigenvalue weighted by Gasteiger charge is -2.30. The fraction of sp³-hybridized carbons (Fsp3) is 0.375. The van der Waals surface area contributed by atoms with Gasteiger partial charge in [-0.1, -0.05) is 24.3 Å². The fourth-order valence-corrected chi connectivity index (χ4v) is 3.49. The molecule has 1 aliphatic heterocycles. The van der Waals surface area contributed by atoms with E-state index in [0.29, 0.717) is 33.7 Å². The highest BCUT2D eigenvalue weighted by molar-refractivity contribution is 6.00. The van der Waals surface area contributed by atoms with Gasteiger partial charge in [-0.2, -0.15) is 0 Å². The minimum absolute atomic E-state index is 0.298. The Kier molecular flexibility index (Phi) is 7.44. The number of methoxy groups -OCH3 is 2. The molecule has 0 saturated carbocycles. The van der Waals surface area contributed by atoms with Crippen LogP contribution in [-0.2, 0) is 28.6 Å². The third-order valence-electron chi connectivity index (χ3n) is 4.68. The van der Waals surface area contributed by atoms with Gasteiger partial charge in [0.25, 0.3) is 0 Å². The Balaban J connectivity index is 2.64. The standard InChI is InChI=1S/C24H29NO6/c1-14-19(22(27)29-6)21(20(15(2)25-14)23(28)30-7)17-11-9-8-10-16(17)12-13-18(26)31-24(3,4)5/h8-13,21,25H,1-7H3/b13-12+. The predicted molar refractivity (Wildman–Crippen MR) is 117 cm³/mol. The number of dihydropyridines is 1. The largest absolute Gasteiger partial charge is 0.466 e. The minimum atomic E-state index is -0.736. The highest BCUT2D eigenvalue weighted by Gasteiger charge is 2.38. The first kappa shape index (κ1) is 23.9. The number of allylic oxidation sites excluding steroid dienone is 2. The molecule has 1 aliphatic rings. The molecule has 1 aromatic carbocycles. The van der Waals surface area contributed by atoms with Crippen molar-refractivity contribution in [1.82, 2.24) is 5.32 Å². The number of hydrogen-bond acceptors (Lipinski definition) is 7. The number of carbonyl (C=O) groups is 3. The minimum Gasteiger partial charge on any atom is -0.466 e. The molecule has 0 fully saturated rings. The van der Waals surface area contributed by atoms with Gasteiger partial charge in [0.05, 0.1) is 31.3 Å². The van der Waals surface area contributed by atoms with Gasteiger partial charge in [-0.05, 0) is 51.8 Å². The Hall–Kier alpha value is -3.35. The van der Waals surface area contributed by atoms with Crippen molar-refractivity contribution in [2.24, 2.45) is 0 Å². The summed E-state index contributed by atoms with van der Waals surface area (Å²) in [6.45, 7) is 8.85. The van der Waals surface area contributed by atoms with Crippen LogP contribution in [0.2, 0.25) is 0 Å². The van der Waals surface area contributed by atoms with E-state index in [2.05, 4.69) is 5.32 Å². The molecule has 2 rings (SSSR count). The van der Waals surface area contributed by atoms with E-state index in [1.165, 1.54) is 20.3 Å². The van der Waals surface area contributed by atoms with E-state index < -0.39 is 29.4 Å². The Bertz CT molecular complexity index is 940. The summed E-state index contributed by atoms with van der Waals surface area (Å²) in [6.07, 6.45) is 2.94. The van der Waals surface area contributed by atoms with Gasteiger partial charge in [0.1, 0.15) is 5.60 Å². The van der Waals surface area contributed by atoms with E-state index >= 15 is 0 Å². The summed E-state index contributed by atoms with van der Waals surface area (Å²) in [6, 6.07) is 7.21. The molecule has 7 heteroatoms. The van der Waals surface area contributed by atoms with Crippen molar-refractivity contribution in [3.8, 4) is 0 Å². The molecule has 31 heavy (non-hydrogen) atoms. The maximum Gasteiger partial charge on any atom is 0.336 e. The number of ether oxygens (including phenoxy) is 3. The third-order valence-corrected chi connectivity index (χ3v) is 4.68. The van der Waals surface area contributed by atoms with Crippen molar-refractivity contribution < 1.29 is 28.6 Å². The molecule has 1 N–H and O–H groups in total. The quantitative estimate of drug-likeness (QED) is 0.436. The Morgan fingerprint density at radius 2 is 1.45 bits per heavy atom. The zero-order valence-corrected chi connectivity index (χ0v) is 19.0. The number of rotatable bonds is 5. The van der Waals surface area contributed by atoms with Crippen LogP contribution in [0.25, 0.3) is 6.08 Å². The van der Waals surface area contributed by atoms with Crippen LogP contribution in [0.3, 0.4) is 0 Å². The fourth-order valence-electron chi connectivity index (χ4n) is 3.49. The zero-order valence-electron chi connectivity index (χ0n) is 19.0. The van der Waals surface area contributed by atoms with Crippen molar-refractivity contribution >= 4 is 24.0 Å². The van der Waals surface area contributed by atoms with Gasteiger partial charge in [-0.3, -0.25) is 0 Å². The van der Waals surface area contributed by atoms with Gasteiger partial charge < -0.3 is 19.5 Å². The molecule has 7 nitrogen and oxygen atoms in total. The van der Waals surface area contributed by atoms with Gasteiger partial charge in [0.2, 0.25) is 0 Å². The molecule has 0 aliphatic carbocycles. The lowest BCUT2D eigenvalue weighted by molar-refractivity contribution is -0.148. The highest BCUT2D eigenvalue weighted by atomic mass is 16.6. The highest BCUT2D eigenvalue weighted by Crippen LogP contribution is 2.40. The first-order chi connectivity index (χ1) is 14.5. The lowest BCUT2D eigenvalue weighted by Crippen LogP contribution is -2.32. The van der Waals surface area contributed by atoms with Crippen LogP contribution in [-0.4, -0.2) is 37.7 Å². The van der Waals surface area contributed by atoms with Crippen LogP contribution >= 0.6 is 0 Å². The second-order valence-corrected chi connectivity index (χ2v) is 8.11. The van der Waals surface area contributed by atoms with Crippen LogP contribution < -0.4 is 5.32 Å². The average molecular weight is 427 g/mol. The molecule has 0 radical (unpaired) electrons. The summed E-state index contributed by atoms with van der Waals surface area (Å²) in [5, 5.41) is 3.07. The second kappa shape index (κ2) is 9.64. The molecule has 0 atom stereocenters. The number of nitrogens with one attached hydrogen (secondary N) is 1. The summed E-state index contributed by atoms with van der Waals surface area (Å²) < 4.78 is 15.3. The third kappa shape index (κ3) is 5.63. The van der Waals surface area contributed by atoms with Crippen molar-refractivity contribution in [2.75, 3.05) is 14.2 Å². The summed E-state index contributed by atoms with van der Waals surface area (Å²) in [5.74, 6) is -2.35. The maximum atomic E-state index is 12.7. The topological polar surface area (TPSA) is 90.9 Å². The zero-order chi connectivity index (χ0) is 23.3. The van der Waals surface area contributed by atoms with Gasteiger partial charge in [-0.15, -0.1) is 0 Å². The Labute approximate surface area is 182 Å². The number of esters is 3. The van der Waals surface area contributed by atoms with Gasteiger partial charge in [0, 0.05) is 17.5 Å². The molecular weight excluding hydrogens is 398 g/mol. The van der Waals surface area contributed by atoms with E-state index in [1.54, 1.807) is 58.9 Å². The lowest BCUT2D eigenvalue weighted by atomic mass is 9.78. The van der Waals surface area contributed by atoms with Crippen LogP contribution in [0.4, 0.5) is 0 Å². The summed E-state index contributed by atoms with van der Waals surface area (Å²) >= 11 is 0. The molecule has 0 bridgehead atoms. The molecule has 0 aromatic heterocycles. The second-order valence-electron chi connectivity index (χ2n) is 8.11. The monoisotopic (exact) mass is 427 g/mol. The SMILES string of the molecule is COC(=O)C1=C(C)NC(C)=C(C(=O)OC)C1c1ccccc1/C=C/C(=O)OC(C)(C)C. The van der Waals surface area contributed by atoms with Crippen molar-refractivity contribution in [1.29, 1.82) is 0 Å². The molecule has 166 valence electrons. The smallest absolute Gasteiger partial charge is 0.336 e. The first-order valence-electron chi connectivity index (χ1n) is 9.85. The van der Waals surface area contributed by atoms with Crippen molar-refractivity contribution in [3.63, 3.8) is 0 Å². The van der Waals surface area contributed by atoms with E-state index in [-0.39, 0.29) is 0 Å². The molecule has 0 unspecified atom stereocenters. The molecule has 1 aromatic rings. The van der Waals surface area contributed by atoms with E-state index in [1.807, 2.05) is 6.07 Å². The normalized spacial score (nSPS) is 15.1. The Morgan fingerprint density at radius 1 is 0.935 bits per heavy atom. The summed E-state index contributed by atoms with van der Waals surface area (Å²) in [7, 11) is 2.58. The Morgan fingerprint density at radius 3 is 1.94 bits per heavy atom. The molecular formula is C24H29NO6. The number of carbonyl (C=O) groups excluding carboxylic acids is 3. The van der Waals surface area contributed by atoms with E-state index in [0.717, 1.165) is 0 Å². The molecule has 0 spiro atoms. The van der Waals surface area contributed by atoms with Gasteiger partial charge in [-0.25, -0.2) is 14.4 Å². The number of benzene rings is 1. The van der Waals surface area contributed by atoms with Crippen LogP contribution in [0, 0.1) is 0 Å². The van der Waals surface area contributed by atoms with Crippen LogP contribution in [0.15, 0.2) is 52.9 Å². The van der Waals surface area contributed by atoms with E-state index in [4.69, 9.17) is 14.2 Å². The predicted octanol–water partition coefficient (Wildman–Crippen LogP) is 3.62. The van der Waals surface area contributed by atoms with E-state index in [9.17, 15) is 14.4 Å². The van der Waals surface area contributed by atoms with Crippen LogP contribution in [0.5, 0.6) is 0 Å². The summed E-state index contributed by atoms with van der Waals surface area (Å²) in [5.41, 5.74) is 2.44. The molecule has 1 heterocycles. The van der Waals surface area contributed by atoms with Gasteiger partial charge in [0.15, 0.2) is 0 Å². The molecule has 0 amide bonds. The van der Waals surface area contributed by atoms with Crippen molar-refractivity contribution in [3.05, 3.63) is 64.0 Å². The first-order valence-corrected chi connectivity index (χ1v) is 9.85. The molecule has 0 saturated heterocycles. The summed E-state index contributed by atoms with van der Waals surface area (Å²) in [4.78, 5) is 37.5. The van der Waals surface area contributed by atoms with Gasteiger partial charge >= 0.3 is 17.9 Å². The maximum absolute atomic E-state index is 12.7. The van der Waals surface area contributed by atoms with Crippen molar-refractivity contribution in [2.45, 2.75) is 46.1 Å².